The van der Waals surface area contributed by atoms with Crippen molar-refractivity contribution in [2.75, 3.05) is 19.6 Å². The highest BCUT2D eigenvalue weighted by molar-refractivity contribution is 6.31. The lowest BCUT2D eigenvalue weighted by molar-refractivity contribution is -0.128. The first-order chi connectivity index (χ1) is 9.74. The zero-order chi connectivity index (χ0) is 13.9. The zero-order valence-electron chi connectivity index (χ0n) is 11.7. The second-order valence-electron chi connectivity index (χ2n) is 5.79. The van der Waals surface area contributed by atoms with Crippen LogP contribution in [0.3, 0.4) is 0 Å². The molecule has 0 radical (unpaired) electrons. The summed E-state index contributed by atoms with van der Waals surface area (Å²) < 4.78 is 0. The highest BCUT2D eigenvalue weighted by Gasteiger charge is 2.21. The lowest BCUT2D eigenvalue weighted by atomic mass is 9.90. The third-order valence-corrected chi connectivity index (χ3v) is 4.77. The van der Waals surface area contributed by atoms with Crippen LogP contribution in [-0.4, -0.2) is 30.4 Å². The van der Waals surface area contributed by atoms with E-state index in [1.54, 1.807) is 0 Å². The van der Waals surface area contributed by atoms with E-state index >= 15 is 0 Å². The molecule has 20 heavy (non-hydrogen) atoms. The van der Waals surface area contributed by atoms with Crippen LogP contribution in [0.5, 0.6) is 0 Å². The molecule has 2 fully saturated rings. The lowest BCUT2D eigenvalue weighted by Crippen LogP contribution is -2.26. The smallest absolute Gasteiger partial charge is 0.222 e. The van der Waals surface area contributed by atoms with Gasteiger partial charge < -0.3 is 10.2 Å². The fraction of sp³-hybridized carbons (Fsp3) is 0.562. The van der Waals surface area contributed by atoms with Gasteiger partial charge in [-0.25, -0.2) is 0 Å². The fourth-order valence-corrected chi connectivity index (χ4v) is 3.43. The van der Waals surface area contributed by atoms with Crippen molar-refractivity contribution < 1.29 is 4.79 Å². The van der Waals surface area contributed by atoms with Gasteiger partial charge in [-0.05, 0) is 55.5 Å². The minimum atomic E-state index is 0.253. The molecule has 3 rings (SSSR count). The predicted molar refractivity (Wildman–Crippen MR) is 80.9 cm³/mol. The molecule has 0 unspecified atom stereocenters. The van der Waals surface area contributed by atoms with E-state index in [1.807, 2.05) is 4.90 Å². The Morgan fingerprint density at radius 3 is 2.75 bits per heavy atom. The van der Waals surface area contributed by atoms with E-state index in [2.05, 4.69) is 23.5 Å². The number of hydrogen-bond acceptors (Lipinski definition) is 2. The van der Waals surface area contributed by atoms with Crippen molar-refractivity contribution in [1.82, 2.24) is 10.2 Å². The summed E-state index contributed by atoms with van der Waals surface area (Å²) in [6.07, 6.45) is 4.02. The van der Waals surface area contributed by atoms with Crippen molar-refractivity contribution in [1.29, 1.82) is 0 Å². The minimum Gasteiger partial charge on any atom is -0.338 e. The van der Waals surface area contributed by atoms with Crippen molar-refractivity contribution in [3.05, 3.63) is 34.3 Å². The third-order valence-electron chi connectivity index (χ3n) is 4.42. The quantitative estimate of drug-likeness (QED) is 0.929. The van der Waals surface area contributed by atoms with E-state index in [1.165, 1.54) is 18.4 Å². The van der Waals surface area contributed by atoms with Crippen LogP contribution in [0.4, 0.5) is 0 Å². The number of carbonyl (C=O) groups excluding carboxylic acids is 1. The highest BCUT2D eigenvalue weighted by Crippen LogP contribution is 2.29. The Labute approximate surface area is 125 Å². The molecule has 1 aromatic rings. The van der Waals surface area contributed by atoms with Gasteiger partial charge in [0.05, 0.1) is 0 Å². The monoisotopic (exact) mass is 292 g/mol. The van der Waals surface area contributed by atoms with Gasteiger partial charge in [-0.15, -0.1) is 0 Å². The molecule has 4 heteroatoms. The fourth-order valence-electron chi connectivity index (χ4n) is 3.18. The third kappa shape index (κ3) is 2.99. The molecular formula is C16H21ClN2O. The molecule has 1 aromatic carbocycles. The molecule has 2 heterocycles. The molecule has 108 valence electrons. The van der Waals surface area contributed by atoms with Crippen molar-refractivity contribution >= 4 is 17.5 Å². The first-order valence-electron chi connectivity index (χ1n) is 7.51. The molecule has 0 saturated carbocycles. The lowest BCUT2D eigenvalue weighted by Gasteiger charge is -2.24. The maximum Gasteiger partial charge on any atom is 0.222 e. The normalized spacial score (nSPS) is 20.6. The van der Waals surface area contributed by atoms with Gasteiger partial charge in [0.15, 0.2) is 0 Å². The average molecular weight is 293 g/mol. The van der Waals surface area contributed by atoms with Gasteiger partial charge in [-0.3, -0.25) is 4.79 Å². The van der Waals surface area contributed by atoms with E-state index in [4.69, 9.17) is 11.6 Å². The van der Waals surface area contributed by atoms with Crippen LogP contribution in [0.25, 0.3) is 0 Å². The van der Waals surface area contributed by atoms with Crippen molar-refractivity contribution in [2.24, 2.45) is 0 Å². The number of piperidine rings is 1. The second kappa shape index (κ2) is 6.15. The number of likely N-dealkylation sites (tertiary alicyclic amines) is 1. The summed E-state index contributed by atoms with van der Waals surface area (Å²) in [7, 11) is 0. The maximum atomic E-state index is 11.7. The summed E-state index contributed by atoms with van der Waals surface area (Å²) in [6.45, 7) is 3.70. The van der Waals surface area contributed by atoms with Gasteiger partial charge in [0.25, 0.3) is 0 Å². The second-order valence-corrected chi connectivity index (χ2v) is 6.20. The zero-order valence-corrected chi connectivity index (χ0v) is 12.5. The number of carbonyl (C=O) groups is 1. The first-order valence-corrected chi connectivity index (χ1v) is 7.88. The Morgan fingerprint density at radius 2 is 2.10 bits per heavy atom. The van der Waals surface area contributed by atoms with Gasteiger partial charge >= 0.3 is 0 Å². The van der Waals surface area contributed by atoms with Crippen LogP contribution in [-0.2, 0) is 11.3 Å². The van der Waals surface area contributed by atoms with Gasteiger partial charge in [-0.1, -0.05) is 23.7 Å². The summed E-state index contributed by atoms with van der Waals surface area (Å²) in [6, 6.07) is 6.40. The summed E-state index contributed by atoms with van der Waals surface area (Å²) >= 11 is 6.42. The van der Waals surface area contributed by atoms with E-state index in [-0.39, 0.29) is 5.91 Å². The van der Waals surface area contributed by atoms with Crippen LogP contribution < -0.4 is 5.32 Å². The van der Waals surface area contributed by atoms with Crippen molar-refractivity contribution in [3.8, 4) is 0 Å². The van der Waals surface area contributed by atoms with Crippen LogP contribution in [0.2, 0.25) is 5.02 Å². The van der Waals surface area contributed by atoms with Crippen LogP contribution in [0.1, 0.15) is 42.7 Å². The van der Waals surface area contributed by atoms with E-state index in [0.717, 1.165) is 36.6 Å². The van der Waals surface area contributed by atoms with Gasteiger partial charge in [0.1, 0.15) is 0 Å². The topological polar surface area (TPSA) is 32.3 Å². The molecule has 2 aliphatic rings. The maximum absolute atomic E-state index is 11.7. The number of hydrogen-bond donors (Lipinski definition) is 1. The van der Waals surface area contributed by atoms with Gasteiger partial charge in [0, 0.05) is 24.5 Å². The van der Waals surface area contributed by atoms with E-state index in [0.29, 0.717) is 18.9 Å². The number of halogens is 1. The highest BCUT2D eigenvalue weighted by atomic mass is 35.5. The Kier molecular flexibility index (Phi) is 4.27. The van der Waals surface area contributed by atoms with E-state index in [9.17, 15) is 4.79 Å². The Bertz CT molecular complexity index is 497. The average Bonchev–Trinajstić information content (AvgIpc) is 2.87. The summed E-state index contributed by atoms with van der Waals surface area (Å²) in [4.78, 5) is 13.6. The number of rotatable bonds is 3. The van der Waals surface area contributed by atoms with Gasteiger partial charge in [-0.2, -0.15) is 0 Å². The van der Waals surface area contributed by atoms with Crippen LogP contribution in [0, 0.1) is 0 Å². The van der Waals surface area contributed by atoms with Gasteiger partial charge in [0.2, 0.25) is 5.91 Å². The SMILES string of the molecule is O=C1CCCN1Cc1ccc(C2CCNCC2)cc1Cl. The molecule has 3 nitrogen and oxygen atoms in total. The molecule has 2 saturated heterocycles. The molecule has 0 aliphatic carbocycles. The summed E-state index contributed by atoms with van der Waals surface area (Å²) in [5.74, 6) is 0.875. The minimum absolute atomic E-state index is 0.253. The number of nitrogens with one attached hydrogen (secondary N) is 1. The standard InChI is InChI=1S/C16H21ClN2O/c17-15-10-13(12-5-7-18-8-6-12)3-4-14(15)11-19-9-1-2-16(19)20/h3-4,10,12,18H,1-2,5-9,11H2. The Hall–Kier alpha value is -1.06. The first kappa shape index (κ1) is 13.9. The Morgan fingerprint density at radius 1 is 1.30 bits per heavy atom. The van der Waals surface area contributed by atoms with E-state index < -0.39 is 0 Å². The molecule has 2 aliphatic heterocycles. The molecule has 1 amide bonds. The predicted octanol–water partition coefficient (Wildman–Crippen LogP) is 2.93. The number of nitrogens with zero attached hydrogens (tertiary/aromatic N) is 1. The molecule has 0 atom stereocenters. The van der Waals surface area contributed by atoms with Crippen LogP contribution in [0.15, 0.2) is 18.2 Å². The molecule has 0 bridgehead atoms. The molecule has 1 N–H and O–H groups in total. The molecule has 0 aromatic heterocycles. The molecular weight excluding hydrogens is 272 g/mol. The summed E-state index contributed by atoms with van der Waals surface area (Å²) in [5, 5.41) is 4.19. The van der Waals surface area contributed by atoms with Crippen molar-refractivity contribution in [3.63, 3.8) is 0 Å². The summed E-state index contributed by atoms with van der Waals surface area (Å²) in [5.41, 5.74) is 2.41. The largest absolute Gasteiger partial charge is 0.338 e. The number of amides is 1. The van der Waals surface area contributed by atoms with Crippen LogP contribution >= 0.6 is 11.6 Å². The van der Waals surface area contributed by atoms with Crippen molar-refractivity contribution in [2.45, 2.75) is 38.1 Å². The Balaban J connectivity index is 1.71. The number of benzene rings is 1. The molecule has 0 spiro atoms.